The summed E-state index contributed by atoms with van der Waals surface area (Å²) in [5.41, 5.74) is 2.88. The molecule has 1 fully saturated rings. The first-order valence-corrected chi connectivity index (χ1v) is 10.1. The van der Waals surface area contributed by atoms with Crippen LogP contribution < -0.4 is 0 Å². The molecule has 0 spiro atoms. The quantitative estimate of drug-likeness (QED) is 0.375. The number of carbonyl (C=O) groups excluding carboxylic acids is 1. The first kappa shape index (κ1) is 22.6. The summed E-state index contributed by atoms with van der Waals surface area (Å²) < 4.78 is 0. The molecule has 0 aromatic carbocycles. The highest BCUT2D eigenvalue weighted by Crippen LogP contribution is 2.34. The van der Waals surface area contributed by atoms with Gasteiger partial charge in [0, 0.05) is 12.3 Å². The minimum absolute atomic E-state index is 0.134. The average Bonchev–Trinajstić information content (AvgIpc) is 2.93. The van der Waals surface area contributed by atoms with Crippen LogP contribution in [-0.4, -0.2) is 28.1 Å². The standard InChI is InChI=1S/C22H36O4/c1-16(2)17(3)10-6-4-7-11-18-14-15-20(23)19(18)12-8-5-9-13-21(24)22(25)26/h7,11,18-19,21,24H,4-6,8-10,12-15H2,1-3H3,(H,25,26)/t18-,19+,21?/m0/s1. The van der Waals surface area contributed by atoms with Crippen molar-refractivity contribution in [2.24, 2.45) is 11.8 Å². The number of unbranched alkanes of at least 4 members (excludes halogenated alkanes) is 3. The molecule has 0 bridgehead atoms. The number of aliphatic hydroxyl groups excluding tert-OH is 1. The number of rotatable bonds is 12. The lowest BCUT2D eigenvalue weighted by Gasteiger charge is -2.15. The van der Waals surface area contributed by atoms with Gasteiger partial charge in [0.05, 0.1) is 0 Å². The second kappa shape index (κ2) is 12.1. The van der Waals surface area contributed by atoms with Gasteiger partial charge in [-0.05, 0) is 65.2 Å². The Hall–Kier alpha value is -1.42. The average molecular weight is 365 g/mol. The molecule has 1 saturated carbocycles. The fourth-order valence-electron chi connectivity index (χ4n) is 3.55. The lowest BCUT2D eigenvalue weighted by molar-refractivity contribution is -0.146. The summed E-state index contributed by atoms with van der Waals surface area (Å²) in [5.74, 6) is -0.265. The summed E-state index contributed by atoms with van der Waals surface area (Å²) in [4.78, 5) is 22.7. The Morgan fingerprint density at radius 3 is 2.58 bits per heavy atom. The van der Waals surface area contributed by atoms with E-state index in [4.69, 9.17) is 5.11 Å². The third kappa shape index (κ3) is 8.31. The maximum absolute atomic E-state index is 12.1. The summed E-state index contributed by atoms with van der Waals surface area (Å²) >= 11 is 0. The third-order valence-corrected chi connectivity index (χ3v) is 5.59. The predicted octanol–water partition coefficient (Wildman–Crippen LogP) is 5.06. The first-order valence-electron chi connectivity index (χ1n) is 10.1. The molecule has 0 heterocycles. The number of carbonyl (C=O) groups is 2. The highest BCUT2D eigenvalue weighted by molar-refractivity contribution is 5.83. The van der Waals surface area contributed by atoms with Crippen LogP contribution in [0.15, 0.2) is 23.3 Å². The Bertz CT molecular complexity index is 514. The van der Waals surface area contributed by atoms with Crippen molar-refractivity contribution in [2.45, 2.75) is 91.1 Å². The smallest absolute Gasteiger partial charge is 0.332 e. The van der Waals surface area contributed by atoms with Crippen LogP contribution in [0.5, 0.6) is 0 Å². The Labute approximate surface area is 158 Å². The van der Waals surface area contributed by atoms with Crippen molar-refractivity contribution in [3.05, 3.63) is 23.3 Å². The van der Waals surface area contributed by atoms with E-state index >= 15 is 0 Å². The normalized spacial score (nSPS) is 21.3. The van der Waals surface area contributed by atoms with Crippen molar-refractivity contribution >= 4 is 11.8 Å². The van der Waals surface area contributed by atoms with Crippen molar-refractivity contribution < 1.29 is 19.8 Å². The SMILES string of the molecule is CC(C)=C(C)CCCC=C[C@H]1CCC(=O)[C@@H]1CCCCCC(O)C(=O)O. The maximum Gasteiger partial charge on any atom is 0.332 e. The number of aliphatic hydroxyl groups is 1. The van der Waals surface area contributed by atoms with Crippen LogP contribution in [0.4, 0.5) is 0 Å². The molecule has 1 rings (SSSR count). The minimum atomic E-state index is -1.26. The van der Waals surface area contributed by atoms with Crippen LogP contribution in [0.3, 0.4) is 0 Å². The van der Waals surface area contributed by atoms with Crippen molar-refractivity contribution in [3.8, 4) is 0 Å². The van der Waals surface area contributed by atoms with E-state index in [2.05, 4.69) is 32.9 Å². The largest absolute Gasteiger partial charge is 0.479 e. The van der Waals surface area contributed by atoms with Crippen molar-refractivity contribution in [1.82, 2.24) is 0 Å². The van der Waals surface area contributed by atoms with Crippen LogP contribution in [0.1, 0.15) is 85.0 Å². The fourth-order valence-corrected chi connectivity index (χ4v) is 3.55. The molecular weight excluding hydrogens is 328 g/mol. The van der Waals surface area contributed by atoms with E-state index < -0.39 is 12.1 Å². The molecule has 4 nitrogen and oxygen atoms in total. The van der Waals surface area contributed by atoms with Crippen molar-refractivity contribution in [2.75, 3.05) is 0 Å². The Morgan fingerprint density at radius 1 is 1.19 bits per heavy atom. The number of carboxylic acid groups (broad SMARTS) is 1. The van der Waals surface area contributed by atoms with Crippen LogP contribution in [-0.2, 0) is 9.59 Å². The first-order chi connectivity index (χ1) is 12.3. The van der Waals surface area contributed by atoms with Crippen LogP contribution in [0.2, 0.25) is 0 Å². The van der Waals surface area contributed by atoms with Crippen molar-refractivity contribution in [1.29, 1.82) is 0 Å². The van der Waals surface area contributed by atoms with E-state index in [1.165, 1.54) is 11.1 Å². The van der Waals surface area contributed by atoms with E-state index in [1.807, 2.05) is 0 Å². The summed E-state index contributed by atoms with van der Waals surface area (Å²) in [7, 11) is 0. The maximum atomic E-state index is 12.1. The predicted molar refractivity (Wildman–Crippen MR) is 105 cm³/mol. The number of carboxylic acids is 1. The Morgan fingerprint density at radius 2 is 1.92 bits per heavy atom. The zero-order valence-corrected chi connectivity index (χ0v) is 16.7. The number of hydrogen-bond acceptors (Lipinski definition) is 3. The Kier molecular flexibility index (Phi) is 10.5. The van der Waals surface area contributed by atoms with Crippen LogP contribution in [0, 0.1) is 11.8 Å². The van der Waals surface area contributed by atoms with Gasteiger partial charge in [-0.1, -0.05) is 42.6 Å². The van der Waals surface area contributed by atoms with Gasteiger partial charge in [0.15, 0.2) is 6.10 Å². The molecular formula is C22H36O4. The highest BCUT2D eigenvalue weighted by atomic mass is 16.4. The number of hydrogen-bond donors (Lipinski definition) is 2. The zero-order chi connectivity index (χ0) is 19.5. The molecule has 26 heavy (non-hydrogen) atoms. The summed E-state index contributed by atoms with van der Waals surface area (Å²) in [5, 5.41) is 17.9. The number of allylic oxidation sites excluding steroid dienone is 4. The molecule has 1 aliphatic carbocycles. The van der Waals surface area contributed by atoms with Gasteiger partial charge in [-0.25, -0.2) is 4.79 Å². The van der Waals surface area contributed by atoms with E-state index in [0.717, 1.165) is 44.9 Å². The second-order valence-electron chi connectivity index (χ2n) is 7.87. The van der Waals surface area contributed by atoms with Gasteiger partial charge in [-0.15, -0.1) is 0 Å². The molecule has 1 unspecified atom stereocenters. The highest BCUT2D eigenvalue weighted by Gasteiger charge is 2.32. The molecule has 1 aliphatic rings. The monoisotopic (exact) mass is 364 g/mol. The van der Waals surface area contributed by atoms with Gasteiger partial charge >= 0.3 is 5.97 Å². The zero-order valence-electron chi connectivity index (χ0n) is 16.7. The molecule has 0 saturated heterocycles. The van der Waals surface area contributed by atoms with E-state index in [-0.39, 0.29) is 5.92 Å². The second-order valence-corrected chi connectivity index (χ2v) is 7.87. The topological polar surface area (TPSA) is 74.6 Å². The Balaban J connectivity index is 2.28. The van der Waals surface area contributed by atoms with Crippen molar-refractivity contribution in [3.63, 3.8) is 0 Å². The lowest BCUT2D eigenvalue weighted by Crippen LogP contribution is -2.19. The fraction of sp³-hybridized carbons (Fsp3) is 0.727. The number of aliphatic carboxylic acids is 1. The molecule has 0 amide bonds. The molecule has 0 aromatic rings. The molecule has 0 radical (unpaired) electrons. The summed E-state index contributed by atoms with van der Waals surface area (Å²) in [6, 6.07) is 0. The minimum Gasteiger partial charge on any atom is -0.479 e. The molecule has 0 aliphatic heterocycles. The van der Waals surface area contributed by atoms with E-state index in [0.29, 0.717) is 31.0 Å². The van der Waals surface area contributed by atoms with Gasteiger partial charge in [0.25, 0.3) is 0 Å². The van der Waals surface area contributed by atoms with Gasteiger partial charge < -0.3 is 10.2 Å². The molecule has 2 N–H and O–H groups in total. The van der Waals surface area contributed by atoms with Gasteiger partial charge in [-0.3, -0.25) is 4.79 Å². The summed E-state index contributed by atoms with van der Waals surface area (Å²) in [6.45, 7) is 6.50. The van der Waals surface area contributed by atoms with Gasteiger partial charge in [-0.2, -0.15) is 0 Å². The van der Waals surface area contributed by atoms with Gasteiger partial charge in [0.2, 0.25) is 0 Å². The lowest BCUT2D eigenvalue weighted by atomic mass is 9.89. The van der Waals surface area contributed by atoms with E-state index in [1.54, 1.807) is 0 Å². The molecule has 4 heteroatoms. The summed E-state index contributed by atoms with van der Waals surface area (Å²) in [6.07, 6.45) is 11.9. The number of ketones is 1. The van der Waals surface area contributed by atoms with Gasteiger partial charge in [0.1, 0.15) is 5.78 Å². The van der Waals surface area contributed by atoms with Crippen LogP contribution in [0.25, 0.3) is 0 Å². The molecule has 0 aromatic heterocycles. The van der Waals surface area contributed by atoms with E-state index in [9.17, 15) is 14.7 Å². The van der Waals surface area contributed by atoms with Crippen LogP contribution >= 0.6 is 0 Å². The third-order valence-electron chi connectivity index (χ3n) is 5.59. The number of Topliss-reactive ketones (excluding diaryl/α,β-unsaturated/α-hetero) is 1. The molecule has 148 valence electrons. The molecule has 3 atom stereocenters.